The lowest BCUT2D eigenvalue weighted by Gasteiger charge is -2.29. The number of hydrogen-bond acceptors (Lipinski definition) is 2. The first kappa shape index (κ1) is 10.8. The highest BCUT2D eigenvalue weighted by Gasteiger charge is 2.33. The largest absolute Gasteiger partial charge is 0.466 e. The van der Waals surface area contributed by atoms with Crippen LogP contribution in [0.15, 0.2) is 0 Å². The summed E-state index contributed by atoms with van der Waals surface area (Å²) in [6.07, 6.45) is 2.91. The van der Waals surface area contributed by atoms with Gasteiger partial charge in [0.05, 0.1) is 12.5 Å². The molecule has 0 aromatic carbocycles. The Balaban J connectivity index is 2.45. The van der Waals surface area contributed by atoms with Gasteiger partial charge in [-0.25, -0.2) is 0 Å². The summed E-state index contributed by atoms with van der Waals surface area (Å²) in [7, 11) is 0. The number of esters is 1. The smallest absolute Gasteiger partial charge is 0.310 e. The van der Waals surface area contributed by atoms with E-state index in [1.54, 1.807) is 0 Å². The zero-order valence-corrected chi connectivity index (χ0v) is 9.01. The first-order valence-corrected chi connectivity index (χ1v) is 5.39. The van der Waals surface area contributed by atoms with E-state index in [0.29, 0.717) is 12.5 Å². The van der Waals surface area contributed by atoms with Gasteiger partial charge >= 0.3 is 5.97 Å². The summed E-state index contributed by atoms with van der Waals surface area (Å²) in [6, 6.07) is 0. The third-order valence-corrected chi connectivity index (χ3v) is 3.11. The molecule has 0 aliphatic heterocycles. The van der Waals surface area contributed by atoms with Crippen molar-refractivity contribution in [3.63, 3.8) is 0 Å². The molecule has 1 fully saturated rings. The molecule has 1 saturated carbocycles. The number of carbonyl (C=O) groups is 1. The SMILES string of the molecule is CCOC(=O)C1CC[C@@H](C)CC1Cl. The first-order chi connectivity index (χ1) is 6.15. The third-order valence-electron chi connectivity index (χ3n) is 2.62. The van der Waals surface area contributed by atoms with E-state index in [9.17, 15) is 4.79 Å². The standard InChI is InChI=1S/C10H17ClO2/c1-3-13-10(12)8-5-4-7(2)6-9(8)11/h7-9H,3-6H2,1-2H3/t7-,8?,9?/m1/s1. The van der Waals surface area contributed by atoms with Gasteiger partial charge in [0.2, 0.25) is 0 Å². The molecular weight excluding hydrogens is 188 g/mol. The van der Waals surface area contributed by atoms with Crippen molar-refractivity contribution < 1.29 is 9.53 Å². The van der Waals surface area contributed by atoms with E-state index in [0.717, 1.165) is 19.3 Å². The van der Waals surface area contributed by atoms with E-state index in [1.165, 1.54) is 0 Å². The average Bonchev–Trinajstić information content (AvgIpc) is 2.04. The Morgan fingerprint density at radius 1 is 1.54 bits per heavy atom. The Morgan fingerprint density at radius 3 is 2.77 bits per heavy atom. The van der Waals surface area contributed by atoms with Crippen LogP contribution in [-0.4, -0.2) is 18.0 Å². The highest BCUT2D eigenvalue weighted by Crippen LogP contribution is 2.33. The third kappa shape index (κ3) is 2.87. The zero-order chi connectivity index (χ0) is 9.84. The van der Waals surface area contributed by atoms with E-state index in [1.807, 2.05) is 6.92 Å². The molecule has 0 spiro atoms. The molecule has 0 N–H and O–H groups in total. The zero-order valence-electron chi connectivity index (χ0n) is 8.25. The molecule has 0 bridgehead atoms. The maximum atomic E-state index is 11.4. The van der Waals surface area contributed by atoms with Crippen molar-refractivity contribution >= 4 is 17.6 Å². The molecule has 1 aliphatic carbocycles. The summed E-state index contributed by atoms with van der Waals surface area (Å²) in [4.78, 5) is 11.4. The maximum absolute atomic E-state index is 11.4. The second-order valence-corrected chi connectivity index (χ2v) is 4.35. The van der Waals surface area contributed by atoms with Crippen LogP contribution in [0.3, 0.4) is 0 Å². The fourth-order valence-corrected chi connectivity index (χ4v) is 2.36. The van der Waals surface area contributed by atoms with Gasteiger partial charge in [-0.15, -0.1) is 11.6 Å². The predicted molar refractivity (Wildman–Crippen MR) is 52.8 cm³/mol. The predicted octanol–water partition coefficient (Wildman–Crippen LogP) is 2.59. The van der Waals surface area contributed by atoms with E-state index in [-0.39, 0.29) is 17.3 Å². The number of ether oxygens (including phenoxy) is 1. The number of rotatable bonds is 2. The van der Waals surface area contributed by atoms with Crippen molar-refractivity contribution in [2.45, 2.75) is 38.5 Å². The Morgan fingerprint density at radius 2 is 2.23 bits per heavy atom. The summed E-state index contributed by atoms with van der Waals surface area (Å²) < 4.78 is 4.96. The Bertz CT molecular complexity index is 182. The molecule has 1 rings (SSSR count). The number of halogens is 1. The molecule has 0 heterocycles. The Kier molecular flexibility index (Phi) is 4.04. The van der Waals surface area contributed by atoms with Gasteiger partial charge in [0, 0.05) is 5.38 Å². The Labute approximate surface area is 84.6 Å². The minimum atomic E-state index is -0.116. The van der Waals surface area contributed by atoms with Crippen molar-refractivity contribution in [3.8, 4) is 0 Å². The minimum Gasteiger partial charge on any atom is -0.466 e. The van der Waals surface area contributed by atoms with Crippen molar-refractivity contribution in [1.82, 2.24) is 0 Å². The van der Waals surface area contributed by atoms with E-state index >= 15 is 0 Å². The van der Waals surface area contributed by atoms with E-state index < -0.39 is 0 Å². The van der Waals surface area contributed by atoms with Crippen LogP contribution in [0.1, 0.15) is 33.1 Å². The van der Waals surface area contributed by atoms with E-state index in [4.69, 9.17) is 16.3 Å². The van der Waals surface area contributed by atoms with Gasteiger partial charge in [0.15, 0.2) is 0 Å². The van der Waals surface area contributed by atoms with Gasteiger partial charge in [-0.05, 0) is 32.1 Å². The molecule has 0 aromatic rings. The van der Waals surface area contributed by atoms with Gasteiger partial charge in [0.25, 0.3) is 0 Å². The van der Waals surface area contributed by atoms with Gasteiger partial charge in [-0.1, -0.05) is 6.92 Å². The molecule has 3 heteroatoms. The van der Waals surface area contributed by atoms with Crippen LogP contribution in [0.5, 0.6) is 0 Å². The van der Waals surface area contributed by atoms with Crippen LogP contribution in [0.2, 0.25) is 0 Å². The normalized spacial score (nSPS) is 34.2. The van der Waals surface area contributed by atoms with Crippen LogP contribution >= 0.6 is 11.6 Å². The number of carbonyl (C=O) groups excluding carboxylic acids is 1. The van der Waals surface area contributed by atoms with Crippen LogP contribution < -0.4 is 0 Å². The second kappa shape index (κ2) is 4.85. The molecule has 0 radical (unpaired) electrons. The van der Waals surface area contributed by atoms with Crippen LogP contribution in [0.4, 0.5) is 0 Å². The Hall–Kier alpha value is -0.240. The molecular formula is C10H17ClO2. The number of alkyl halides is 1. The van der Waals surface area contributed by atoms with Crippen LogP contribution in [0.25, 0.3) is 0 Å². The summed E-state index contributed by atoms with van der Waals surface area (Å²) in [5.41, 5.74) is 0. The summed E-state index contributed by atoms with van der Waals surface area (Å²) in [6.45, 7) is 4.46. The van der Waals surface area contributed by atoms with Gasteiger partial charge < -0.3 is 4.74 Å². The van der Waals surface area contributed by atoms with Crippen molar-refractivity contribution in [3.05, 3.63) is 0 Å². The van der Waals surface area contributed by atoms with Crippen molar-refractivity contribution in [1.29, 1.82) is 0 Å². The summed E-state index contributed by atoms with van der Waals surface area (Å²) >= 11 is 6.11. The van der Waals surface area contributed by atoms with Crippen LogP contribution in [-0.2, 0) is 9.53 Å². The second-order valence-electron chi connectivity index (χ2n) is 3.79. The lowest BCUT2D eigenvalue weighted by molar-refractivity contribution is -0.149. The molecule has 0 amide bonds. The molecule has 0 saturated heterocycles. The quantitative estimate of drug-likeness (QED) is 0.511. The first-order valence-electron chi connectivity index (χ1n) is 4.95. The fraction of sp³-hybridized carbons (Fsp3) is 0.900. The van der Waals surface area contributed by atoms with Crippen molar-refractivity contribution in [2.24, 2.45) is 11.8 Å². The molecule has 0 aromatic heterocycles. The summed E-state index contributed by atoms with van der Waals surface area (Å²) in [5, 5.41) is -0.0252. The van der Waals surface area contributed by atoms with E-state index in [2.05, 4.69) is 6.92 Å². The monoisotopic (exact) mass is 204 g/mol. The molecule has 2 unspecified atom stereocenters. The highest BCUT2D eigenvalue weighted by atomic mass is 35.5. The number of hydrogen-bond donors (Lipinski definition) is 0. The van der Waals surface area contributed by atoms with Gasteiger partial charge in [0.1, 0.15) is 0 Å². The topological polar surface area (TPSA) is 26.3 Å². The fourth-order valence-electron chi connectivity index (χ4n) is 1.83. The lowest BCUT2D eigenvalue weighted by Crippen LogP contribution is -2.32. The molecule has 76 valence electrons. The maximum Gasteiger partial charge on any atom is 0.310 e. The molecule has 13 heavy (non-hydrogen) atoms. The molecule has 3 atom stereocenters. The van der Waals surface area contributed by atoms with Crippen LogP contribution in [0, 0.1) is 11.8 Å². The summed E-state index contributed by atoms with van der Waals surface area (Å²) in [5.74, 6) is 0.459. The molecule has 1 aliphatic rings. The minimum absolute atomic E-state index is 0.0252. The molecule has 2 nitrogen and oxygen atoms in total. The van der Waals surface area contributed by atoms with Gasteiger partial charge in [-0.3, -0.25) is 4.79 Å². The van der Waals surface area contributed by atoms with Crippen molar-refractivity contribution in [2.75, 3.05) is 6.61 Å². The highest BCUT2D eigenvalue weighted by molar-refractivity contribution is 6.22. The van der Waals surface area contributed by atoms with Gasteiger partial charge in [-0.2, -0.15) is 0 Å². The lowest BCUT2D eigenvalue weighted by atomic mass is 9.82. The average molecular weight is 205 g/mol.